The van der Waals surface area contributed by atoms with E-state index < -0.39 is 0 Å². The Labute approximate surface area is 190 Å². The highest BCUT2D eigenvalue weighted by Gasteiger charge is 2.22. The van der Waals surface area contributed by atoms with Gasteiger partial charge in [0.2, 0.25) is 0 Å². The van der Waals surface area contributed by atoms with Gasteiger partial charge in [-0.1, -0.05) is 115 Å². The molecule has 2 radical (unpaired) electrons. The van der Waals surface area contributed by atoms with Gasteiger partial charge in [-0.25, -0.2) is 4.98 Å². The minimum absolute atomic E-state index is 0.702. The second-order valence-electron chi connectivity index (χ2n) is 7.98. The van der Waals surface area contributed by atoms with Crippen LogP contribution in [0.1, 0.15) is 11.1 Å². The summed E-state index contributed by atoms with van der Waals surface area (Å²) in [5.74, 6) is 0.891. The van der Waals surface area contributed by atoms with Gasteiger partial charge in [-0.15, -0.1) is 0 Å². The zero-order valence-corrected chi connectivity index (χ0v) is 18.1. The number of hydrogen-bond acceptors (Lipinski definition) is 1. The Morgan fingerprint density at radius 3 is 1.91 bits per heavy atom. The summed E-state index contributed by atoms with van der Waals surface area (Å²) >= 11 is 0. The molecular weight excluding hydrogens is 387 g/mol. The molecule has 0 atom stereocenters. The third-order valence-electron chi connectivity index (χ3n) is 5.77. The van der Waals surface area contributed by atoms with Gasteiger partial charge in [-0.3, -0.25) is 0 Å². The van der Waals surface area contributed by atoms with Crippen LogP contribution in [0.4, 0.5) is 0 Å². The number of benzene rings is 4. The molecule has 32 heavy (non-hydrogen) atoms. The van der Waals surface area contributed by atoms with Gasteiger partial charge in [0.25, 0.3) is 0 Å². The molecular formula is C29H23BN2. The highest BCUT2D eigenvalue weighted by Crippen LogP contribution is 2.37. The van der Waals surface area contributed by atoms with E-state index in [1.807, 2.05) is 30.3 Å². The van der Waals surface area contributed by atoms with Gasteiger partial charge in [-0.2, -0.15) is 0 Å². The normalized spacial score (nSPS) is 10.9. The van der Waals surface area contributed by atoms with Crippen LogP contribution in [0, 0.1) is 6.92 Å². The molecule has 0 amide bonds. The molecule has 2 nitrogen and oxygen atoms in total. The van der Waals surface area contributed by atoms with Gasteiger partial charge in [0.05, 0.1) is 11.4 Å². The molecule has 152 valence electrons. The van der Waals surface area contributed by atoms with Crippen LogP contribution < -0.4 is 5.46 Å². The monoisotopic (exact) mass is 410 g/mol. The van der Waals surface area contributed by atoms with E-state index in [9.17, 15) is 0 Å². The van der Waals surface area contributed by atoms with E-state index in [0.29, 0.717) is 6.54 Å². The summed E-state index contributed by atoms with van der Waals surface area (Å²) in [5.41, 5.74) is 8.34. The third-order valence-corrected chi connectivity index (χ3v) is 5.77. The Hall–Kier alpha value is -3.85. The highest BCUT2D eigenvalue weighted by atomic mass is 15.1. The largest absolute Gasteiger partial charge is 0.319 e. The third kappa shape index (κ3) is 3.78. The summed E-state index contributed by atoms with van der Waals surface area (Å²) in [6, 6.07) is 37.4. The van der Waals surface area contributed by atoms with E-state index in [0.717, 1.165) is 44.9 Å². The SMILES string of the molecule is [B]c1cccc(C)c1-c1nc(-c2ccccc2)c(-c2ccccc2)n1Cc1ccccc1. The molecule has 0 aliphatic heterocycles. The minimum atomic E-state index is 0.702. The first-order valence-corrected chi connectivity index (χ1v) is 10.8. The lowest BCUT2D eigenvalue weighted by Crippen LogP contribution is -2.13. The van der Waals surface area contributed by atoms with Crippen molar-refractivity contribution >= 4 is 13.3 Å². The number of hydrogen-bond donors (Lipinski definition) is 0. The summed E-state index contributed by atoms with van der Waals surface area (Å²) in [6.45, 7) is 2.80. The Morgan fingerprint density at radius 1 is 0.688 bits per heavy atom. The highest BCUT2D eigenvalue weighted by molar-refractivity contribution is 6.36. The van der Waals surface area contributed by atoms with Crippen LogP contribution >= 0.6 is 0 Å². The van der Waals surface area contributed by atoms with Gasteiger partial charge >= 0.3 is 0 Å². The molecule has 0 aliphatic carbocycles. The summed E-state index contributed by atoms with van der Waals surface area (Å²) in [4.78, 5) is 5.23. The molecule has 1 aromatic heterocycles. The molecule has 0 saturated carbocycles. The molecule has 3 heteroatoms. The first-order valence-electron chi connectivity index (χ1n) is 10.8. The molecule has 0 saturated heterocycles. The van der Waals surface area contributed by atoms with E-state index >= 15 is 0 Å². The Morgan fingerprint density at radius 2 is 1.28 bits per heavy atom. The fourth-order valence-electron chi connectivity index (χ4n) is 4.25. The molecule has 0 aliphatic rings. The zero-order valence-electron chi connectivity index (χ0n) is 18.1. The topological polar surface area (TPSA) is 17.8 Å². The zero-order chi connectivity index (χ0) is 21.9. The standard InChI is InChI=1S/C29H23BN2/c1-21-12-11-19-25(30)26(21)29-31-27(23-15-7-3-8-16-23)28(24-17-9-4-10-18-24)32(29)20-22-13-5-2-6-14-22/h2-19H,20H2,1H3. The summed E-state index contributed by atoms with van der Waals surface area (Å²) in [6.07, 6.45) is 0. The second-order valence-corrected chi connectivity index (χ2v) is 7.98. The Kier molecular flexibility index (Phi) is 5.47. The maximum Gasteiger partial charge on any atom is 0.141 e. The van der Waals surface area contributed by atoms with Crippen LogP contribution in [0.3, 0.4) is 0 Å². The fourth-order valence-corrected chi connectivity index (χ4v) is 4.25. The molecule has 0 bridgehead atoms. The molecule has 0 unspecified atom stereocenters. The molecule has 1 heterocycles. The number of nitrogens with zero attached hydrogens (tertiary/aromatic N) is 2. The van der Waals surface area contributed by atoms with Crippen LogP contribution in [-0.2, 0) is 6.54 Å². The van der Waals surface area contributed by atoms with Gasteiger partial charge in [0.1, 0.15) is 13.7 Å². The van der Waals surface area contributed by atoms with Crippen LogP contribution in [0.2, 0.25) is 0 Å². The van der Waals surface area contributed by atoms with Crippen molar-refractivity contribution in [3.8, 4) is 33.9 Å². The molecule has 5 rings (SSSR count). The van der Waals surface area contributed by atoms with Crippen molar-refractivity contribution in [2.24, 2.45) is 0 Å². The first-order chi connectivity index (χ1) is 15.7. The van der Waals surface area contributed by atoms with E-state index in [1.54, 1.807) is 0 Å². The van der Waals surface area contributed by atoms with Crippen molar-refractivity contribution in [1.29, 1.82) is 0 Å². The van der Waals surface area contributed by atoms with Crippen molar-refractivity contribution in [3.63, 3.8) is 0 Å². The van der Waals surface area contributed by atoms with E-state index in [1.165, 1.54) is 5.56 Å². The quantitative estimate of drug-likeness (QED) is 0.323. The number of imidazole rings is 1. The lowest BCUT2D eigenvalue weighted by molar-refractivity contribution is 0.814. The van der Waals surface area contributed by atoms with Crippen molar-refractivity contribution in [3.05, 3.63) is 120 Å². The smallest absolute Gasteiger partial charge is 0.141 e. The summed E-state index contributed by atoms with van der Waals surface area (Å²) in [5, 5.41) is 0. The van der Waals surface area contributed by atoms with Crippen molar-refractivity contribution in [2.75, 3.05) is 0 Å². The predicted octanol–water partition coefficient (Wildman–Crippen LogP) is 6.03. The summed E-state index contributed by atoms with van der Waals surface area (Å²) in [7, 11) is 6.50. The number of aromatic nitrogens is 2. The molecule has 0 N–H and O–H groups in total. The average Bonchev–Trinajstić information content (AvgIpc) is 3.19. The van der Waals surface area contributed by atoms with Crippen molar-refractivity contribution < 1.29 is 0 Å². The maximum absolute atomic E-state index is 6.50. The minimum Gasteiger partial charge on any atom is -0.319 e. The van der Waals surface area contributed by atoms with E-state index in [2.05, 4.69) is 90.4 Å². The van der Waals surface area contributed by atoms with Gasteiger partial charge < -0.3 is 4.57 Å². The Balaban J connectivity index is 1.85. The van der Waals surface area contributed by atoms with Crippen molar-refractivity contribution in [1.82, 2.24) is 9.55 Å². The maximum atomic E-state index is 6.50. The first kappa shape index (κ1) is 20.1. The lowest BCUT2D eigenvalue weighted by Gasteiger charge is -2.16. The summed E-state index contributed by atoms with van der Waals surface area (Å²) < 4.78 is 2.31. The molecule has 5 aromatic rings. The molecule has 0 fully saturated rings. The van der Waals surface area contributed by atoms with Crippen LogP contribution in [-0.4, -0.2) is 17.4 Å². The van der Waals surface area contributed by atoms with Gasteiger partial charge in [0.15, 0.2) is 0 Å². The van der Waals surface area contributed by atoms with Gasteiger partial charge in [0, 0.05) is 23.2 Å². The lowest BCUT2D eigenvalue weighted by atomic mass is 9.87. The molecule has 0 spiro atoms. The van der Waals surface area contributed by atoms with Crippen LogP contribution in [0.5, 0.6) is 0 Å². The van der Waals surface area contributed by atoms with Gasteiger partial charge in [-0.05, 0) is 18.1 Å². The Bertz CT molecular complexity index is 1320. The predicted molar refractivity (Wildman–Crippen MR) is 134 cm³/mol. The van der Waals surface area contributed by atoms with Crippen LogP contribution in [0.15, 0.2) is 109 Å². The van der Waals surface area contributed by atoms with Crippen LogP contribution in [0.25, 0.3) is 33.9 Å². The number of rotatable bonds is 5. The number of aryl methyl sites for hydroxylation is 1. The van der Waals surface area contributed by atoms with E-state index in [4.69, 9.17) is 12.8 Å². The van der Waals surface area contributed by atoms with Crippen molar-refractivity contribution in [2.45, 2.75) is 13.5 Å². The molecule has 4 aromatic carbocycles. The van der Waals surface area contributed by atoms with E-state index in [-0.39, 0.29) is 0 Å². The second kappa shape index (κ2) is 8.72. The average molecular weight is 410 g/mol. The fraction of sp³-hybridized carbons (Fsp3) is 0.0690.